The van der Waals surface area contributed by atoms with Gasteiger partial charge < -0.3 is 14.7 Å². The first-order valence-electron chi connectivity index (χ1n) is 9.16. The van der Waals surface area contributed by atoms with Gasteiger partial charge in [0.1, 0.15) is 17.0 Å². The van der Waals surface area contributed by atoms with E-state index in [0.29, 0.717) is 35.9 Å². The first kappa shape index (κ1) is 19.4. The number of phenolic OH excluding ortho intramolecular Hbond substituents is 1. The number of anilines is 1. The zero-order valence-electron chi connectivity index (χ0n) is 15.8. The predicted octanol–water partition coefficient (Wildman–Crippen LogP) is 4.03. The van der Waals surface area contributed by atoms with E-state index in [2.05, 4.69) is 20.1 Å². The summed E-state index contributed by atoms with van der Waals surface area (Å²) in [6.07, 6.45) is -2.93. The van der Waals surface area contributed by atoms with Crippen LogP contribution in [0.25, 0.3) is 22.2 Å². The second-order valence-corrected chi connectivity index (χ2v) is 7.16. The number of hydrogen-bond donors (Lipinski definition) is 1. The molecule has 1 aliphatic heterocycles. The van der Waals surface area contributed by atoms with Crippen molar-refractivity contribution in [2.75, 3.05) is 18.0 Å². The number of alkyl halides is 3. The standard InChI is InChI=1S/C20H19F3N4O2/c1-11-9-27(10-12(2)29-11)19-15-4-3-7-24-17(15)18(25-26-19)14-6-5-13(8-16(14)28)20(21,22)23/h3-8,11-12,28H,9-10H2,1-2H3/t11-,12+. The molecule has 1 aromatic carbocycles. The highest BCUT2D eigenvalue weighted by Crippen LogP contribution is 2.38. The summed E-state index contributed by atoms with van der Waals surface area (Å²) in [5, 5.41) is 19.5. The Morgan fingerprint density at radius 3 is 2.48 bits per heavy atom. The van der Waals surface area contributed by atoms with Gasteiger partial charge >= 0.3 is 6.18 Å². The summed E-state index contributed by atoms with van der Waals surface area (Å²) in [5.41, 5.74) is -0.106. The fourth-order valence-electron chi connectivity index (χ4n) is 3.65. The summed E-state index contributed by atoms with van der Waals surface area (Å²) >= 11 is 0. The summed E-state index contributed by atoms with van der Waals surface area (Å²) in [6, 6.07) is 6.38. The average Bonchev–Trinajstić information content (AvgIpc) is 2.66. The number of benzene rings is 1. The summed E-state index contributed by atoms with van der Waals surface area (Å²) in [5.74, 6) is 0.104. The summed E-state index contributed by atoms with van der Waals surface area (Å²) in [6.45, 7) is 5.22. The maximum atomic E-state index is 12.9. The highest BCUT2D eigenvalue weighted by molar-refractivity contribution is 5.98. The van der Waals surface area contributed by atoms with Crippen molar-refractivity contribution in [1.82, 2.24) is 15.2 Å². The second-order valence-electron chi connectivity index (χ2n) is 7.16. The number of aromatic hydroxyl groups is 1. The fourth-order valence-corrected chi connectivity index (χ4v) is 3.65. The van der Waals surface area contributed by atoms with Crippen LogP contribution in [0.5, 0.6) is 5.75 Å². The molecule has 6 nitrogen and oxygen atoms in total. The van der Waals surface area contributed by atoms with Crippen molar-refractivity contribution in [3.63, 3.8) is 0 Å². The fraction of sp³-hybridized carbons (Fsp3) is 0.350. The first-order chi connectivity index (χ1) is 13.7. The molecule has 29 heavy (non-hydrogen) atoms. The van der Waals surface area contributed by atoms with Crippen molar-refractivity contribution in [3.05, 3.63) is 42.1 Å². The van der Waals surface area contributed by atoms with E-state index in [1.54, 1.807) is 12.3 Å². The van der Waals surface area contributed by atoms with Crippen LogP contribution in [0, 0.1) is 0 Å². The molecule has 1 aliphatic rings. The quantitative estimate of drug-likeness (QED) is 0.695. The van der Waals surface area contributed by atoms with Gasteiger partial charge in [-0.1, -0.05) is 0 Å². The molecule has 0 saturated carbocycles. The summed E-state index contributed by atoms with van der Waals surface area (Å²) < 4.78 is 44.5. The van der Waals surface area contributed by atoms with Gasteiger partial charge in [-0.2, -0.15) is 13.2 Å². The summed E-state index contributed by atoms with van der Waals surface area (Å²) in [7, 11) is 0. The van der Waals surface area contributed by atoms with Crippen molar-refractivity contribution in [1.29, 1.82) is 0 Å². The van der Waals surface area contributed by atoms with Crippen LogP contribution >= 0.6 is 0 Å². The molecule has 3 aromatic rings. The van der Waals surface area contributed by atoms with Crippen LogP contribution in [0.2, 0.25) is 0 Å². The lowest BCUT2D eigenvalue weighted by Gasteiger charge is -2.36. The minimum Gasteiger partial charge on any atom is -0.507 e. The van der Waals surface area contributed by atoms with E-state index in [9.17, 15) is 18.3 Å². The van der Waals surface area contributed by atoms with Crippen molar-refractivity contribution >= 4 is 16.7 Å². The van der Waals surface area contributed by atoms with E-state index in [1.165, 1.54) is 6.07 Å². The second kappa shape index (κ2) is 7.14. The number of rotatable bonds is 2. The lowest BCUT2D eigenvalue weighted by Crippen LogP contribution is -2.46. The van der Waals surface area contributed by atoms with E-state index in [0.717, 1.165) is 6.07 Å². The van der Waals surface area contributed by atoms with Crippen LogP contribution in [0.4, 0.5) is 19.0 Å². The minimum atomic E-state index is -4.55. The third-order valence-corrected chi connectivity index (χ3v) is 4.82. The van der Waals surface area contributed by atoms with E-state index in [-0.39, 0.29) is 23.5 Å². The molecular formula is C20H19F3N4O2. The smallest absolute Gasteiger partial charge is 0.416 e. The number of hydrogen-bond acceptors (Lipinski definition) is 6. The third kappa shape index (κ3) is 3.69. The number of halogens is 3. The van der Waals surface area contributed by atoms with Crippen LogP contribution in [0.3, 0.4) is 0 Å². The monoisotopic (exact) mass is 404 g/mol. The Balaban J connectivity index is 1.82. The van der Waals surface area contributed by atoms with Gasteiger partial charge in [0.15, 0.2) is 5.82 Å². The number of morpholine rings is 1. The highest BCUT2D eigenvalue weighted by atomic mass is 19.4. The zero-order valence-corrected chi connectivity index (χ0v) is 15.8. The zero-order chi connectivity index (χ0) is 20.8. The molecule has 2 aromatic heterocycles. The average molecular weight is 404 g/mol. The SMILES string of the molecule is C[C@@H]1CN(c2nnc(-c3ccc(C(F)(F)F)cc3O)c3ncccc23)C[C@H](C)O1. The predicted molar refractivity (Wildman–Crippen MR) is 102 cm³/mol. The van der Waals surface area contributed by atoms with E-state index >= 15 is 0 Å². The van der Waals surface area contributed by atoms with Gasteiger partial charge in [-0.3, -0.25) is 4.98 Å². The molecule has 0 spiro atoms. The number of phenols is 1. The number of pyridine rings is 1. The topological polar surface area (TPSA) is 71.4 Å². The largest absolute Gasteiger partial charge is 0.507 e. The Labute approximate surface area is 165 Å². The van der Waals surface area contributed by atoms with Crippen molar-refractivity contribution < 1.29 is 23.0 Å². The third-order valence-electron chi connectivity index (χ3n) is 4.82. The molecule has 4 rings (SSSR count). The van der Waals surface area contributed by atoms with Gasteiger partial charge in [-0.05, 0) is 44.2 Å². The van der Waals surface area contributed by atoms with Gasteiger partial charge in [0.2, 0.25) is 0 Å². The van der Waals surface area contributed by atoms with Crippen LogP contribution in [-0.4, -0.2) is 45.6 Å². The van der Waals surface area contributed by atoms with Gasteiger partial charge in [0.05, 0.1) is 17.8 Å². The van der Waals surface area contributed by atoms with Gasteiger partial charge in [-0.25, -0.2) is 0 Å². The number of aromatic nitrogens is 3. The van der Waals surface area contributed by atoms with Gasteiger partial charge in [0, 0.05) is 30.2 Å². The molecule has 0 radical (unpaired) electrons. The van der Waals surface area contributed by atoms with Crippen molar-refractivity contribution in [2.45, 2.75) is 32.2 Å². The van der Waals surface area contributed by atoms with Crippen LogP contribution in [0.1, 0.15) is 19.4 Å². The molecule has 152 valence electrons. The Morgan fingerprint density at radius 1 is 1.10 bits per heavy atom. The Bertz CT molecular complexity index is 1050. The molecule has 2 atom stereocenters. The molecule has 1 saturated heterocycles. The van der Waals surface area contributed by atoms with E-state index in [1.807, 2.05) is 19.9 Å². The maximum absolute atomic E-state index is 12.9. The van der Waals surface area contributed by atoms with Crippen molar-refractivity contribution in [3.8, 4) is 17.0 Å². The molecule has 0 bridgehead atoms. The number of fused-ring (bicyclic) bond motifs is 1. The van der Waals surface area contributed by atoms with Crippen LogP contribution < -0.4 is 4.90 Å². The Hall–Kier alpha value is -2.94. The highest BCUT2D eigenvalue weighted by Gasteiger charge is 2.32. The Morgan fingerprint density at radius 2 is 1.83 bits per heavy atom. The molecule has 0 aliphatic carbocycles. The molecule has 9 heteroatoms. The maximum Gasteiger partial charge on any atom is 0.416 e. The van der Waals surface area contributed by atoms with Crippen molar-refractivity contribution in [2.24, 2.45) is 0 Å². The Kier molecular flexibility index (Phi) is 4.77. The molecule has 3 heterocycles. The van der Waals surface area contributed by atoms with E-state index < -0.39 is 17.5 Å². The lowest BCUT2D eigenvalue weighted by molar-refractivity contribution is -0.137. The molecule has 0 unspecified atom stereocenters. The van der Waals surface area contributed by atoms with Crippen LogP contribution in [-0.2, 0) is 10.9 Å². The number of nitrogens with zero attached hydrogens (tertiary/aromatic N) is 4. The number of ether oxygens (including phenoxy) is 1. The molecule has 1 fully saturated rings. The van der Waals surface area contributed by atoms with Gasteiger partial charge in [-0.15, -0.1) is 10.2 Å². The molecular weight excluding hydrogens is 385 g/mol. The lowest BCUT2D eigenvalue weighted by atomic mass is 10.0. The molecule has 1 N–H and O–H groups in total. The first-order valence-corrected chi connectivity index (χ1v) is 9.16. The van der Waals surface area contributed by atoms with E-state index in [4.69, 9.17) is 4.74 Å². The minimum absolute atomic E-state index is 0.0194. The normalized spacial score (nSPS) is 20.2. The molecule has 0 amide bonds. The van der Waals surface area contributed by atoms with Gasteiger partial charge in [0.25, 0.3) is 0 Å². The summed E-state index contributed by atoms with van der Waals surface area (Å²) in [4.78, 5) is 6.43. The van der Waals surface area contributed by atoms with Crippen LogP contribution in [0.15, 0.2) is 36.5 Å².